The van der Waals surface area contributed by atoms with E-state index in [1.807, 2.05) is 12.1 Å². The van der Waals surface area contributed by atoms with Crippen LogP contribution < -0.4 is 4.74 Å². The summed E-state index contributed by atoms with van der Waals surface area (Å²) in [5.41, 5.74) is 8.61. The van der Waals surface area contributed by atoms with E-state index in [9.17, 15) is 0 Å². The first kappa shape index (κ1) is 21.2. The second-order valence-electron chi connectivity index (χ2n) is 9.05. The van der Waals surface area contributed by atoms with E-state index in [2.05, 4.69) is 116 Å². The summed E-state index contributed by atoms with van der Waals surface area (Å²) < 4.78 is 5.43. The molecule has 0 N–H and O–H groups in total. The third kappa shape index (κ3) is 3.86. The van der Waals surface area contributed by atoms with Crippen LogP contribution in [0.5, 0.6) is 5.75 Å². The summed E-state index contributed by atoms with van der Waals surface area (Å²) in [6, 6.07) is 43.7. The zero-order valence-electron chi connectivity index (χ0n) is 20.0. The van der Waals surface area contributed by atoms with Crippen molar-refractivity contribution in [3.63, 3.8) is 0 Å². The van der Waals surface area contributed by atoms with Gasteiger partial charge in [0.2, 0.25) is 0 Å². The van der Waals surface area contributed by atoms with E-state index in [4.69, 9.17) is 4.74 Å². The molecule has 0 aliphatic heterocycles. The first-order chi connectivity index (χ1) is 17.2. The van der Waals surface area contributed by atoms with Gasteiger partial charge in [0.15, 0.2) is 0 Å². The molecule has 0 saturated heterocycles. The summed E-state index contributed by atoms with van der Waals surface area (Å²) in [6.45, 7) is 2.13. The van der Waals surface area contributed by atoms with E-state index < -0.39 is 0 Å². The van der Waals surface area contributed by atoms with Crippen LogP contribution in [0.3, 0.4) is 0 Å². The second kappa shape index (κ2) is 8.77. The van der Waals surface area contributed by atoms with E-state index in [1.54, 1.807) is 7.11 Å². The molecule has 0 unspecified atom stereocenters. The predicted molar refractivity (Wildman–Crippen MR) is 149 cm³/mol. The lowest BCUT2D eigenvalue weighted by molar-refractivity contribution is 0.415. The van der Waals surface area contributed by atoms with Gasteiger partial charge in [-0.3, -0.25) is 0 Å². The van der Waals surface area contributed by atoms with Crippen molar-refractivity contribution in [3.8, 4) is 39.1 Å². The zero-order chi connectivity index (χ0) is 23.8. The van der Waals surface area contributed by atoms with Gasteiger partial charge in [-0.15, -0.1) is 0 Å². The van der Waals surface area contributed by atoms with Crippen LogP contribution in [-0.2, 0) is 0 Å². The Kier molecular flexibility index (Phi) is 5.31. The molecule has 0 heterocycles. The Labute approximate surface area is 206 Å². The number of aryl methyl sites for hydroxylation is 1. The highest BCUT2D eigenvalue weighted by Gasteiger charge is 2.15. The quantitative estimate of drug-likeness (QED) is 0.243. The van der Waals surface area contributed by atoms with Gasteiger partial charge in [0.05, 0.1) is 7.11 Å². The lowest BCUT2D eigenvalue weighted by Gasteiger charge is -2.17. The van der Waals surface area contributed by atoms with Crippen LogP contribution in [0, 0.1) is 6.92 Å². The van der Waals surface area contributed by atoms with Crippen LogP contribution in [0.15, 0.2) is 121 Å². The summed E-state index contributed by atoms with van der Waals surface area (Å²) in [4.78, 5) is 0. The van der Waals surface area contributed by atoms with Crippen LogP contribution in [0.2, 0.25) is 0 Å². The summed E-state index contributed by atoms with van der Waals surface area (Å²) in [7, 11) is 1.71. The topological polar surface area (TPSA) is 9.23 Å². The van der Waals surface area contributed by atoms with Gasteiger partial charge in [-0.2, -0.15) is 0 Å². The maximum absolute atomic E-state index is 5.43. The highest BCUT2D eigenvalue weighted by molar-refractivity contribution is 6.20. The maximum atomic E-state index is 5.43. The van der Waals surface area contributed by atoms with Crippen LogP contribution in [-0.4, -0.2) is 7.11 Å². The summed E-state index contributed by atoms with van der Waals surface area (Å²) in [5, 5.41) is 5.06. The minimum atomic E-state index is 0.865. The standard InChI is InChI=1S/C34H26O/c1-23-12-14-24(15-13-23)28-21-32(25-8-4-3-5-9-25)34-30-11-7-6-10-27(30)20-31(33(34)22-28)26-16-18-29(35-2)19-17-26/h3-22H,1-2H3. The Morgan fingerprint density at radius 1 is 0.486 bits per heavy atom. The minimum absolute atomic E-state index is 0.865. The fraction of sp³-hybridized carbons (Fsp3) is 0.0588. The predicted octanol–water partition coefficient (Wildman–Crippen LogP) is 9.31. The van der Waals surface area contributed by atoms with Gasteiger partial charge in [-0.1, -0.05) is 96.6 Å². The molecule has 0 fully saturated rings. The fourth-order valence-corrected chi connectivity index (χ4v) is 5.00. The molecule has 0 saturated carbocycles. The van der Waals surface area contributed by atoms with Crippen LogP contribution in [0.25, 0.3) is 54.9 Å². The van der Waals surface area contributed by atoms with E-state index in [0.29, 0.717) is 0 Å². The number of hydrogen-bond acceptors (Lipinski definition) is 1. The molecular weight excluding hydrogens is 424 g/mol. The molecule has 0 aliphatic rings. The van der Waals surface area contributed by atoms with Crippen molar-refractivity contribution in [2.24, 2.45) is 0 Å². The van der Waals surface area contributed by atoms with Crippen LogP contribution in [0.1, 0.15) is 5.56 Å². The summed E-state index contributed by atoms with van der Waals surface area (Å²) in [6.07, 6.45) is 0. The lowest BCUT2D eigenvalue weighted by atomic mass is 9.86. The third-order valence-electron chi connectivity index (χ3n) is 6.83. The second-order valence-corrected chi connectivity index (χ2v) is 9.05. The molecule has 1 nitrogen and oxygen atoms in total. The van der Waals surface area contributed by atoms with Crippen LogP contribution >= 0.6 is 0 Å². The third-order valence-corrected chi connectivity index (χ3v) is 6.83. The van der Waals surface area contributed by atoms with Gasteiger partial charge in [-0.25, -0.2) is 0 Å². The Hall–Kier alpha value is -4.36. The molecule has 0 aromatic heterocycles. The Balaban J connectivity index is 1.75. The van der Waals surface area contributed by atoms with E-state index in [-0.39, 0.29) is 0 Å². The van der Waals surface area contributed by atoms with Gasteiger partial charge < -0.3 is 4.74 Å². The molecule has 6 rings (SSSR count). The Morgan fingerprint density at radius 3 is 1.89 bits per heavy atom. The molecule has 1 heteroatoms. The number of rotatable bonds is 4. The molecule has 0 bridgehead atoms. The monoisotopic (exact) mass is 450 g/mol. The van der Waals surface area contributed by atoms with Crippen molar-refractivity contribution in [3.05, 3.63) is 127 Å². The van der Waals surface area contributed by atoms with Gasteiger partial charge in [0.1, 0.15) is 5.75 Å². The molecule has 0 aliphatic carbocycles. The van der Waals surface area contributed by atoms with Crippen molar-refractivity contribution >= 4 is 21.5 Å². The summed E-state index contributed by atoms with van der Waals surface area (Å²) >= 11 is 0. The first-order valence-corrected chi connectivity index (χ1v) is 12.0. The number of methoxy groups -OCH3 is 1. The number of benzene rings is 6. The molecular formula is C34H26O. The lowest BCUT2D eigenvalue weighted by Crippen LogP contribution is -1.91. The van der Waals surface area contributed by atoms with Gasteiger partial charge in [-0.05, 0) is 92.2 Å². The van der Waals surface area contributed by atoms with E-state index in [1.165, 1.54) is 60.5 Å². The van der Waals surface area contributed by atoms with Crippen molar-refractivity contribution < 1.29 is 4.74 Å². The largest absolute Gasteiger partial charge is 0.497 e. The molecule has 168 valence electrons. The van der Waals surface area contributed by atoms with Crippen molar-refractivity contribution in [2.45, 2.75) is 6.92 Å². The smallest absolute Gasteiger partial charge is 0.118 e. The van der Waals surface area contributed by atoms with E-state index in [0.717, 1.165) is 5.75 Å². The molecule has 0 atom stereocenters. The van der Waals surface area contributed by atoms with Gasteiger partial charge in [0.25, 0.3) is 0 Å². The molecule has 0 radical (unpaired) electrons. The van der Waals surface area contributed by atoms with Crippen molar-refractivity contribution in [1.82, 2.24) is 0 Å². The molecule has 0 spiro atoms. The highest BCUT2D eigenvalue weighted by Crippen LogP contribution is 2.43. The first-order valence-electron chi connectivity index (χ1n) is 12.0. The molecule has 6 aromatic carbocycles. The van der Waals surface area contributed by atoms with Crippen molar-refractivity contribution in [2.75, 3.05) is 7.11 Å². The number of hydrogen-bond donors (Lipinski definition) is 0. The average Bonchev–Trinajstić information content (AvgIpc) is 2.93. The van der Waals surface area contributed by atoms with Crippen LogP contribution in [0.4, 0.5) is 0 Å². The molecule has 35 heavy (non-hydrogen) atoms. The van der Waals surface area contributed by atoms with E-state index >= 15 is 0 Å². The molecule has 0 amide bonds. The number of ether oxygens (including phenoxy) is 1. The zero-order valence-corrected chi connectivity index (χ0v) is 20.0. The van der Waals surface area contributed by atoms with Gasteiger partial charge >= 0.3 is 0 Å². The van der Waals surface area contributed by atoms with Crippen molar-refractivity contribution in [1.29, 1.82) is 0 Å². The Bertz CT molecular complexity index is 1640. The normalized spacial score (nSPS) is 11.1. The SMILES string of the molecule is COc1ccc(-c2cc3ccccc3c3c(-c4ccccc4)cc(-c4ccc(C)cc4)cc23)cc1. The summed E-state index contributed by atoms with van der Waals surface area (Å²) in [5.74, 6) is 0.865. The molecule has 6 aromatic rings. The average molecular weight is 451 g/mol. The fourth-order valence-electron chi connectivity index (χ4n) is 5.00. The van der Waals surface area contributed by atoms with Gasteiger partial charge in [0, 0.05) is 0 Å². The Morgan fingerprint density at radius 2 is 1.14 bits per heavy atom. The number of fused-ring (bicyclic) bond motifs is 3. The minimum Gasteiger partial charge on any atom is -0.497 e. The maximum Gasteiger partial charge on any atom is 0.118 e. The highest BCUT2D eigenvalue weighted by atomic mass is 16.5.